The van der Waals surface area contributed by atoms with Gasteiger partial charge < -0.3 is 19.3 Å². The fourth-order valence-corrected chi connectivity index (χ4v) is 3.67. The average molecular weight is 479 g/mol. The number of ether oxygens (including phenoxy) is 2. The van der Waals surface area contributed by atoms with Gasteiger partial charge in [0.25, 0.3) is 5.91 Å². The number of anilines is 1. The minimum Gasteiger partial charge on any atom is -0.484 e. The Morgan fingerprint density at radius 2 is 1.59 bits per heavy atom. The van der Waals surface area contributed by atoms with Gasteiger partial charge in [0, 0.05) is 31.9 Å². The van der Waals surface area contributed by atoms with Gasteiger partial charge in [-0.3, -0.25) is 9.59 Å². The highest BCUT2D eigenvalue weighted by Crippen LogP contribution is 2.27. The first kappa shape index (κ1) is 24.2. The van der Waals surface area contributed by atoms with E-state index < -0.39 is 5.60 Å². The van der Waals surface area contributed by atoms with Crippen LogP contribution in [0.2, 0.25) is 10.0 Å². The number of esters is 1. The van der Waals surface area contributed by atoms with Crippen LogP contribution in [0.1, 0.15) is 26.3 Å². The van der Waals surface area contributed by atoms with E-state index in [-0.39, 0.29) is 24.9 Å². The van der Waals surface area contributed by atoms with E-state index in [9.17, 15) is 9.59 Å². The number of carbonyl (C=O) groups excluding carboxylic acids is 2. The number of halogens is 2. The molecule has 0 saturated carbocycles. The summed E-state index contributed by atoms with van der Waals surface area (Å²) in [6.07, 6.45) is 0.194. The Bertz CT molecular complexity index is 949. The summed E-state index contributed by atoms with van der Waals surface area (Å²) in [5.41, 5.74) is 1.32. The molecule has 0 atom stereocenters. The standard InChI is InChI=1S/C24H28Cl2N2O4/c1-24(2,3)32-23(30)14-17-4-7-19(8-5-17)31-16-22(29)28-12-10-27(11-13-28)18-6-9-20(25)21(26)15-18/h4-9,15H,10-14,16H2,1-3H3. The van der Waals surface area contributed by atoms with E-state index in [1.165, 1.54) is 0 Å². The zero-order valence-electron chi connectivity index (χ0n) is 18.6. The molecule has 1 fully saturated rings. The predicted molar refractivity (Wildman–Crippen MR) is 127 cm³/mol. The lowest BCUT2D eigenvalue weighted by Gasteiger charge is -2.36. The normalized spacial score (nSPS) is 14.3. The van der Waals surface area contributed by atoms with Crippen LogP contribution < -0.4 is 9.64 Å². The van der Waals surface area contributed by atoms with Crippen LogP contribution in [0.25, 0.3) is 0 Å². The number of carbonyl (C=O) groups is 2. The highest BCUT2D eigenvalue weighted by Gasteiger charge is 2.22. The SMILES string of the molecule is CC(C)(C)OC(=O)Cc1ccc(OCC(=O)N2CCN(c3ccc(Cl)c(Cl)c3)CC2)cc1. The molecule has 1 heterocycles. The maximum atomic E-state index is 12.5. The summed E-state index contributed by atoms with van der Waals surface area (Å²) in [5.74, 6) is 0.249. The van der Waals surface area contributed by atoms with Crippen LogP contribution in [0.3, 0.4) is 0 Å². The van der Waals surface area contributed by atoms with Crippen molar-refractivity contribution in [1.29, 1.82) is 0 Å². The Labute approximate surface area is 199 Å². The van der Waals surface area contributed by atoms with Gasteiger partial charge >= 0.3 is 5.97 Å². The molecule has 8 heteroatoms. The largest absolute Gasteiger partial charge is 0.484 e. The fourth-order valence-electron chi connectivity index (χ4n) is 3.38. The second kappa shape index (κ2) is 10.5. The number of nitrogens with zero attached hydrogens (tertiary/aromatic N) is 2. The van der Waals surface area contributed by atoms with Crippen molar-refractivity contribution in [2.45, 2.75) is 32.8 Å². The molecule has 32 heavy (non-hydrogen) atoms. The number of hydrogen-bond donors (Lipinski definition) is 0. The lowest BCUT2D eigenvalue weighted by molar-refractivity contribution is -0.153. The van der Waals surface area contributed by atoms with Crippen molar-refractivity contribution in [3.05, 3.63) is 58.1 Å². The third kappa shape index (κ3) is 7.04. The molecule has 0 bridgehead atoms. The van der Waals surface area contributed by atoms with E-state index in [4.69, 9.17) is 32.7 Å². The van der Waals surface area contributed by atoms with Gasteiger partial charge in [-0.05, 0) is 56.7 Å². The quantitative estimate of drug-likeness (QED) is 0.567. The second-order valence-electron chi connectivity index (χ2n) is 8.66. The summed E-state index contributed by atoms with van der Waals surface area (Å²) in [6.45, 7) is 8.13. The first-order valence-electron chi connectivity index (χ1n) is 10.5. The van der Waals surface area contributed by atoms with Crippen molar-refractivity contribution in [2.75, 3.05) is 37.7 Å². The summed E-state index contributed by atoms with van der Waals surface area (Å²) in [6, 6.07) is 12.7. The summed E-state index contributed by atoms with van der Waals surface area (Å²) in [7, 11) is 0. The van der Waals surface area contributed by atoms with E-state index in [0.29, 0.717) is 42.0 Å². The number of benzene rings is 2. The van der Waals surface area contributed by atoms with Crippen LogP contribution in [0.15, 0.2) is 42.5 Å². The molecule has 0 aromatic heterocycles. The lowest BCUT2D eigenvalue weighted by atomic mass is 10.1. The molecule has 0 spiro atoms. The minimum atomic E-state index is -0.506. The average Bonchev–Trinajstić information content (AvgIpc) is 2.74. The summed E-state index contributed by atoms with van der Waals surface area (Å²) in [4.78, 5) is 28.4. The Morgan fingerprint density at radius 3 is 2.19 bits per heavy atom. The number of amides is 1. The molecule has 2 aromatic rings. The van der Waals surface area contributed by atoms with Crippen LogP contribution in [0.4, 0.5) is 5.69 Å². The molecule has 0 unspecified atom stereocenters. The molecule has 1 aliphatic rings. The highest BCUT2D eigenvalue weighted by atomic mass is 35.5. The third-order valence-corrected chi connectivity index (χ3v) is 5.69. The van der Waals surface area contributed by atoms with Gasteiger partial charge in [-0.2, -0.15) is 0 Å². The Balaban J connectivity index is 1.44. The Hall–Kier alpha value is -2.44. The van der Waals surface area contributed by atoms with Gasteiger partial charge in [-0.15, -0.1) is 0 Å². The summed E-state index contributed by atoms with van der Waals surface area (Å²) in [5, 5.41) is 1.05. The van der Waals surface area contributed by atoms with Gasteiger partial charge in [0.05, 0.1) is 16.5 Å². The summed E-state index contributed by atoms with van der Waals surface area (Å²) >= 11 is 12.1. The van der Waals surface area contributed by atoms with Crippen LogP contribution in [-0.2, 0) is 20.7 Å². The van der Waals surface area contributed by atoms with E-state index in [1.54, 1.807) is 35.2 Å². The van der Waals surface area contributed by atoms with E-state index in [0.717, 1.165) is 11.3 Å². The molecule has 6 nitrogen and oxygen atoms in total. The topological polar surface area (TPSA) is 59.1 Å². The third-order valence-electron chi connectivity index (χ3n) is 4.95. The van der Waals surface area contributed by atoms with Gasteiger partial charge in [-0.1, -0.05) is 35.3 Å². The number of hydrogen-bond acceptors (Lipinski definition) is 5. The first-order chi connectivity index (χ1) is 15.1. The smallest absolute Gasteiger partial charge is 0.310 e. The fraction of sp³-hybridized carbons (Fsp3) is 0.417. The molecule has 2 aromatic carbocycles. The van der Waals surface area contributed by atoms with E-state index in [1.807, 2.05) is 32.9 Å². The zero-order chi connectivity index (χ0) is 23.3. The molecule has 1 amide bonds. The molecular formula is C24H28Cl2N2O4. The Kier molecular flexibility index (Phi) is 7.91. The van der Waals surface area contributed by atoms with Gasteiger partial charge in [0.1, 0.15) is 11.4 Å². The van der Waals surface area contributed by atoms with Gasteiger partial charge in [-0.25, -0.2) is 0 Å². The maximum absolute atomic E-state index is 12.5. The molecule has 0 radical (unpaired) electrons. The zero-order valence-corrected chi connectivity index (χ0v) is 20.1. The molecule has 3 rings (SSSR count). The number of piperazine rings is 1. The molecule has 1 aliphatic heterocycles. The van der Waals surface area contributed by atoms with Crippen molar-refractivity contribution in [2.24, 2.45) is 0 Å². The minimum absolute atomic E-state index is 0.0296. The van der Waals surface area contributed by atoms with Crippen molar-refractivity contribution < 1.29 is 19.1 Å². The first-order valence-corrected chi connectivity index (χ1v) is 11.3. The molecule has 0 N–H and O–H groups in total. The van der Waals surface area contributed by atoms with E-state index >= 15 is 0 Å². The molecule has 1 saturated heterocycles. The monoisotopic (exact) mass is 478 g/mol. The highest BCUT2D eigenvalue weighted by molar-refractivity contribution is 6.42. The van der Waals surface area contributed by atoms with Crippen molar-refractivity contribution in [3.8, 4) is 5.75 Å². The van der Waals surface area contributed by atoms with Crippen LogP contribution in [-0.4, -0.2) is 55.2 Å². The molecule has 0 aliphatic carbocycles. The van der Waals surface area contributed by atoms with Crippen molar-refractivity contribution in [3.63, 3.8) is 0 Å². The van der Waals surface area contributed by atoms with Crippen molar-refractivity contribution >= 4 is 40.8 Å². The Morgan fingerprint density at radius 1 is 0.938 bits per heavy atom. The lowest BCUT2D eigenvalue weighted by Crippen LogP contribution is -2.50. The predicted octanol–water partition coefficient (Wildman–Crippen LogP) is 4.61. The van der Waals surface area contributed by atoms with Crippen molar-refractivity contribution in [1.82, 2.24) is 4.90 Å². The molecular weight excluding hydrogens is 451 g/mol. The van der Waals surface area contributed by atoms with Gasteiger partial charge in [0.15, 0.2) is 6.61 Å². The second-order valence-corrected chi connectivity index (χ2v) is 9.48. The molecule has 172 valence electrons. The maximum Gasteiger partial charge on any atom is 0.310 e. The van der Waals surface area contributed by atoms with E-state index in [2.05, 4.69) is 4.90 Å². The van der Waals surface area contributed by atoms with Crippen LogP contribution in [0, 0.1) is 0 Å². The van der Waals surface area contributed by atoms with Crippen LogP contribution in [0.5, 0.6) is 5.75 Å². The van der Waals surface area contributed by atoms with Gasteiger partial charge in [0.2, 0.25) is 0 Å². The van der Waals surface area contributed by atoms with Crippen LogP contribution >= 0.6 is 23.2 Å². The summed E-state index contributed by atoms with van der Waals surface area (Å²) < 4.78 is 11.0. The number of rotatable bonds is 6.